The lowest BCUT2D eigenvalue weighted by Gasteiger charge is -2.22. The fourth-order valence-electron chi connectivity index (χ4n) is 2.52. The minimum absolute atomic E-state index is 0.0846. The number of hydrogen-bond acceptors (Lipinski definition) is 4. The zero-order valence-electron chi connectivity index (χ0n) is 12.7. The van der Waals surface area contributed by atoms with Gasteiger partial charge in [0.05, 0.1) is 5.71 Å². The topological polar surface area (TPSA) is 70.9 Å². The highest BCUT2D eigenvalue weighted by Gasteiger charge is 2.22. The van der Waals surface area contributed by atoms with Gasteiger partial charge in [-0.1, -0.05) is 17.3 Å². The molecule has 0 spiro atoms. The Morgan fingerprint density at radius 1 is 1.33 bits per heavy atom. The van der Waals surface area contributed by atoms with Crippen molar-refractivity contribution in [3.05, 3.63) is 29.3 Å². The molecule has 1 unspecified atom stereocenters. The van der Waals surface area contributed by atoms with Gasteiger partial charge in [0, 0.05) is 17.2 Å². The lowest BCUT2D eigenvalue weighted by atomic mass is 9.89. The number of oxime groups is 1. The van der Waals surface area contributed by atoms with Gasteiger partial charge in [0.25, 0.3) is 5.91 Å². The van der Waals surface area contributed by atoms with E-state index >= 15 is 0 Å². The molecule has 1 aromatic carbocycles. The standard InChI is InChI=1S/C16H22N2O3/c1-10(2)17-16(19)11(3)21-15-9-5-6-12-13(15)7-4-8-14(12)18-20/h5-6,9-11,20H,4,7-8H2,1-3H3,(H,17,19). The van der Waals surface area contributed by atoms with Crippen molar-refractivity contribution in [1.29, 1.82) is 0 Å². The predicted molar refractivity (Wildman–Crippen MR) is 81.1 cm³/mol. The average Bonchev–Trinajstić information content (AvgIpc) is 2.46. The van der Waals surface area contributed by atoms with E-state index in [-0.39, 0.29) is 11.9 Å². The summed E-state index contributed by atoms with van der Waals surface area (Å²) in [7, 11) is 0. The van der Waals surface area contributed by atoms with Gasteiger partial charge in [-0.15, -0.1) is 0 Å². The first kappa shape index (κ1) is 15.4. The maximum Gasteiger partial charge on any atom is 0.260 e. The summed E-state index contributed by atoms with van der Waals surface area (Å²) in [6.45, 7) is 5.57. The molecule has 0 bridgehead atoms. The van der Waals surface area contributed by atoms with Gasteiger partial charge < -0.3 is 15.3 Å². The van der Waals surface area contributed by atoms with Crippen molar-refractivity contribution >= 4 is 11.6 Å². The second kappa shape index (κ2) is 6.61. The van der Waals surface area contributed by atoms with Gasteiger partial charge in [-0.3, -0.25) is 4.79 Å². The van der Waals surface area contributed by atoms with Gasteiger partial charge in [-0.05, 0) is 46.1 Å². The average molecular weight is 290 g/mol. The molecule has 21 heavy (non-hydrogen) atoms. The van der Waals surface area contributed by atoms with Crippen molar-refractivity contribution in [3.8, 4) is 5.75 Å². The molecule has 1 aromatic rings. The molecule has 0 aromatic heterocycles. The Kier molecular flexibility index (Phi) is 4.83. The second-order valence-electron chi connectivity index (χ2n) is 5.61. The number of fused-ring (bicyclic) bond motifs is 1. The monoisotopic (exact) mass is 290 g/mol. The number of nitrogens with one attached hydrogen (secondary N) is 1. The molecule has 5 heteroatoms. The Labute approximate surface area is 125 Å². The van der Waals surface area contributed by atoms with E-state index in [0.717, 1.165) is 30.4 Å². The van der Waals surface area contributed by atoms with Gasteiger partial charge in [0.15, 0.2) is 6.10 Å². The van der Waals surface area contributed by atoms with Crippen molar-refractivity contribution in [2.75, 3.05) is 0 Å². The summed E-state index contributed by atoms with van der Waals surface area (Å²) in [6.07, 6.45) is 1.98. The first-order valence-electron chi connectivity index (χ1n) is 7.33. The molecule has 0 aliphatic heterocycles. The van der Waals surface area contributed by atoms with E-state index < -0.39 is 6.10 Å². The van der Waals surface area contributed by atoms with Crippen LogP contribution in [0, 0.1) is 0 Å². The van der Waals surface area contributed by atoms with E-state index in [9.17, 15) is 4.79 Å². The molecular weight excluding hydrogens is 268 g/mol. The Bertz CT molecular complexity index is 552. The number of ether oxygens (including phenoxy) is 1. The molecule has 0 saturated heterocycles. The van der Waals surface area contributed by atoms with Gasteiger partial charge in [-0.25, -0.2) is 0 Å². The molecule has 1 aliphatic carbocycles. The fourth-order valence-corrected chi connectivity index (χ4v) is 2.52. The minimum atomic E-state index is -0.560. The van der Waals surface area contributed by atoms with Crippen LogP contribution in [0.5, 0.6) is 5.75 Å². The minimum Gasteiger partial charge on any atom is -0.481 e. The third kappa shape index (κ3) is 3.54. The third-order valence-corrected chi connectivity index (χ3v) is 3.51. The lowest BCUT2D eigenvalue weighted by molar-refractivity contribution is -0.127. The highest BCUT2D eigenvalue weighted by Crippen LogP contribution is 2.30. The zero-order valence-corrected chi connectivity index (χ0v) is 12.7. The lowest BCUT2D eigenvalue weighted by Crippen LogP contribution is -2.40. The summed E-state index contributed by atoms with van der Waals surface area (Å²) in [5.41, 5.74) is 2.61. The molecule has 0 heterocycles. The molecule has 0 fully saturated rings. The van der Waals surface area contributed by atoms with Crippen molar-refractivity contribution in [2.45, 2.75) is 52.2 Å². The van der Waals surface area contributed by atoms with E-state index in [4.69, 9.17) is 9.94 Å². The van der Waals surface area contributed by atoms with E-state index in [1.807, 2.05) is 32.0 Å². The SMILES string of the molecule is CC(C)NC(=O)C(C)Oc1cccc2c1CCCC2=NO. The summed E-state index contributed by atoms with van der Waals surface area (Å²) >= 11 is 0. The van der Waals surface area contributed by atoms with Gasteiger partial charge in [-0.2, -0.15) is 0 Å². The quantitative estimate of drug-likeness (QED) is 0.661. The molecule has 1 atom stereocenters. The molecule has 1 amide bonds. The number of carbonyl (C=O) groups excluding carboxylic acids is 1. The summed E-state index contributed by atoms with van der Waals surface area (Å²) in [5.74, 6) is 0.564. The van der Waals surface area contributed by atoms with E-state index in [1.54, 1.807) is 6.92 Å². The normalized spacial score (nSPS) is 17.4. The Morgan fingerprint density at radius 2 is 2.10 bits per heavy atom. The van der Waals surface area contributed by atoms with Gasteiger partial charge >= 0.3 is 0 Å². The number of nitrogens with zero attached hydrogens (tertiary/aromatic N) is 1. The van der Waals surface area contributed by atoms with Crippen LogP contribution in [0.1, 0.15) is 44.7 Å². The second-order valence-corrected chi connectivity index (χ2v) is 5.61. The van der Waals surface area contributed by atoms with Crippen LogP contribution in [-0.4, -0.2) is 29.0 Å². The smallest absolute Gasteiger partial charge is 0.260 e. The molecule has 1 aliphatic rings. The van der Waals surface area contributed by atoms with Crippen LogP contribution in [0.25, 0.3) is 0 Å². The van der Waals surface area contributed by atoms with E-state index in [0.29, 0.717) is 11.5 Å². The number of carbonyl (C=O) groups is 1. The Balaban J connectivity index is 2.20. The number of hydrogen-bond donors (Lipinski definition) is 2. The van der Waals surface area contributed by atoms with Crippen LogP contribution in [0.15, 0.2) is 23.4 Å². The van der Waals surface area contributed by atoms with Crippen molar-refractivity contribution < 1.29 is 14.7 Å². The van der Waals surface area contributed by atoms with Crippen LogP contribution in [0.3, 0.4) is 0 Å². The largest absolute Gasteiger partial charge is 0.481 e. The molecule has 5 nitrogen and oxygen atoms in total. The maximum atomic E-state index is 11.9. The molecule has 114 valence electrons. The fraction of sp³-hybridized carbons (Fsp3) is 0.500. The first-order chi connectivity index (χ1) is 10.0. The summed E-state index contributed by atoms with van der Waals surface area (Å²) in [4.78, 5) is 11.9. The highest BCUT2D eigenvalue weighted by atomic mass is 16.5. The molecule has 2 N–H and O–H groups in total. The van der Waals surface area contributed by atoms with Crippen LogP contribution < -0.4 is 10.1 Å². The van der Waals surface area contributed by atoms with Crippen molar-refractivity contribution in [3.63, 3.8) is 0 Å². The Hall–Kier alpha value is -2.04. The first-order valence-corrected chi connectivity index (χ1v) is 7.33. The summed E-state index contributed by atoms with van der Waals surface area (Å²) < 4.78 is 5.82. The maximum absolute atomic E-state index is 11.9. The predicted octanol–water partition coefficient (Wildman–Crippen LogP) is 2.49. The summed E-state index contributed by atoms with van der Waals surface area (Å²) in [5, 5.41) is 15.3. The molecule has 0 radical (unpaired) electrons. The number of amides is 1. The van der Waals surface area contributed by atoms with E-state index in [2.05, 4.69) is 10.5 Å². The van der Waals surface area contributed by atoms with Crippen molar-refractivity contribution in [1.82, 2.24) is 5.32 Å². The molecule has 2 rings (SSSR count). The molecule has 0 saturated carbocycles. The van der Waals surface area contributed by atoms with Crippen LogP contribution in [-0.2, 0) is 11.2 Å². The van der Waals surface area contributed by atoms with Crippen molar-refractivity contribution in [2.24, 2.45) is 5.16 Å². The van der Waals surface area contributed by atoms with Gasteiger partial charge in [0.2, 0.25) is 0 Å². The van der Waals surface area contributed by atoms with E-state index in [1.165, 1.54) is 0 Å². The van der Waals surface area contributed by atoms with Crippen LogP contribution >= 0.6 is 0 Å². The number of rotatable bonds is 4. The van der Waals surface area contributed by atoms with Gasteiger partial charge in [0.1, 0.15) is 5.75 Å². The number of benzene rings is 1. The zero-order chi connectivity index (χ0) is 15.4. The highest BCUT2D eigenvalue weighted by molar-refractivity contribution is 6.02. The Morgan fingerprint density at radius 3 is 2.76 bits per heavy atom. The summed E-state index contributed by atoms with van der Waals surface area (Å²) in [6, 6.07) is 5.73. The molecular formula is C16H22N2O3. The van der Waals surface area contributed by atoms with Crippen LogP contribution in [0.2, 0.25) is 0 Å². The third-order valence-electron chi connectivity index (χ3n) is 3.51. The van der Waals surface area contributed by atoms with Crippen LogP contribution in [0.4, 0.5) is 0 Å².